The molecule has 26 heavy (non-hydrogen) atoms. The summed E-state index contributed by atoms with van der Waals surface area (Å²) in [6.07, 6.45) is -3.55. The number of nitro benzene ring substituents is 1. The van der Waals surface area contributed by atoms with E-state index in [0.717, 1.165) is 12.3 Å². The number of hydrogen-bond donors (Lipinski definition) is 0. The lowest BCUT2D eigenvalue weighted by Crippen LogP contribution is -2.46. The Labute approximate surface area is 148 Å². The first kappa shape index (κ1) is 18.1. The van der Waals surface area contributed by atoms with Gasteiger partial charge in [-0.1, -0.05) is 18.2 Å². The second-order valence-corrected chi connectivity index (χ2v) is 6.05. The number of piperazine rings is 1. The van der Waals surface area contributed by atoms with Crippen molar-refractivity contribution in [1.29, 1.82) is 0 Å². The van der Waals surface area contributed by atoms with Crippen LogP contribution >= 0.6 is 0 Å². The van der Waals surface area contributed by atoms with Gasteiger partial charge in [-0.25, -0.2) is 4.98 Å². The highest BCUT2D eigenvalue weighted by atomic mass is 19.4. The molecule has 6 nitrogen and oxygen atoms in total. The van der Waals surface area contributed by atoms with E-state index in [1.165, 1.54) is 12.1 Å². The van der Waals surface area contributed by atoms with Crippen molar-refractivity contribution in [2.75, 3.05) is 31.1 Å². The van der Waals surface area contributed by atoms with Crippen molar-refractivity contribution in [3.63, 3.8) is 0 Å². The van der Waals surface area contributed by atoms with Crippen molar-refractivity contribution >= 4 is 11.5 Å². The Bertz CT molecular complexity index is 772. The van der Waals surface area contributed by atoms with Crippen LogP contribution in [0, 0.1) is 10.1 Å². The van der Waals surface area contributed by atoms with Gasteiger partial charge in [0.05, 0.1) is 10.5 Å². The molecule has 9 heteroatoms. The molecule has 1 aliphatic rings. The van der Waals surface area contributed by atoms with Crippen LogP contribution in [-0.2, 0) is 12.7 Å². The smallest absolute Gasteiger partial charge is 0.354 e. The summed E-state index contributed by atoms with van der Waals surface area (Å²) in [6.45, 7) is 2.95. The average molecular weight is 366 g/mol. The average Bonchev–Trinajstić information content (AvgIpc) is 2.62. The number of para-hydroxylation sites is 1. The Morgan fingerprint density at radius 2 is 1.77 bits per heavy atom. The van der Waals surface area contributed by atoms with Crippen molar-refractivity contribution in [1.82, 2.24) is 9.88 Å². The number of halogens is 3. The largest absolute Gasteiger partial charge is 0.417 e. The molecule has 0 amide bonds. The first-order valence-corrected chi connectivity index (χ1v) is 8.07. The van der Waals surface area contributed by atoms with Gasteiger partial charge in [0.1, 0.15) is 5.82 Å². The zero-order chi connectivity index (χ0) is 18.7. The maximum Gasteiger partial charge on any atom is 0.417 e. The van der Waals surface area contributed by atoms with Crippen molar-refractivity contribution in [3.8, 4) is 0 Å². The summed E-state index contributed by atoms with van der Waals surface area (Å²) >= 11 is 0. The van der Waals surface area contributed by atoms with E-state index in [4.69, 9.17) is 0 Å². The van der Waals surface area contributed by atoms with Crippen LogP contribution in [-0.4, -0.2) is 41.0 Å². The second kappa shape index (κ2) is 7.28. The molecule has 0 N–H and O–H groups in total. The van der Waals surface area contributed by atoms with Crippen LogP contribution in [0.1, 0.15) is 11.1 Å². The molecule has 0 spiro atoms. The van der Waals surface area contributed by atoms with Gasteiger partial charge < -0.3 is 4.90 Å². The maximum atomic E-state index is 12.6. The third-order valence-electron chi connectivity index (χ3n) is 4.35. The Morgan fingerprint density at radius 1 is 1.08 bits per heavy atom. The molecule has 2 heterocycles. The Morgan fingerprint density at radius 3 is 2.35 bits per heavy atom. The number of nitro groups is 1. The second-order valence-electron chi connectivity index (χ2n) is 6.05. The summed E-state index contributed by atoms with van der Waals surface area (Å²) < 4.78 is 37.8. The first-order valence-electron chi connectivity index (χ1n) is 8.07. The number of hydrogen-bond acceptors (Lipinski definition) is 5. The summed E-state index contributed by atoms with van der Waals surface area (Å²) in [6, 6.07) is 9.03. The SMILES string of the molecule is O=[N+]([O-])c1ccccc1CN1CCN(c2ccc(C(F)(F)F)cn2)CC1. The molecule has 0 radical (unpaired) electrons. The highest BCUT2D eigenvalue weighted by Gasteiger charge is 2.31. The van der Waals surface area contributed by atoms with Crippen LogP contribution in [0.2, 0.25) is 0 Å². The van der Waals surface area contributed by atoms with E-state index in [1.807, 2.05) is 4.90 Å². The topological polar surface area (TPSA) is 62.5 Å². The number of rotatable bonds is 4. The molecular formula is C17H17F3N4O2. The molecule has 2 aromatic rings. The monoisotopic (exact) mass is 366 g/mol. The molecule has 138 valence electrons. The van der Waals surface area contributed by atoms with E-state index in [-0.39, 0.29) is 5.69 Å². The van der Waals surface area contributed by atoms with Gasteiger partial charge in [0.25, 0.3) is 5.69 Å². The van der Waals surface area contributed by atoms with Crippen LogP contribution < -0.4 is 4.90 Å². The van der Waals surface area contributed by atoms with Crippen molar-refractivity contribution in [3.05, 3.63) is 63.8 Å². The standard InChI is InChI=1S/C17H17F3N4O2/c18-17(19,20)14-5-6-16(21-11-14)23-9-7-22(8-10-23)12-13-3-1-2-4-15(13)24(25)26/h1-6,11H,7-10,12H2. The molecule has 1 saturated heterocycles. The number of aromatic nitrogens is 1. The molecule has 0 saturated carbocycles. The van der Waals surface area contributed by atoms with Gasteiger partial charge in [-0.3, -0.25) is 15.0 Å². The Kier molecular flexibility index (Phi) is 5.08. The van der Waals surface area contributed by atoms with E-state index >= 15 is 0 Å². The van der Waals surface area contributed by atoms with Gasteiger partial charge in [0.15, 0.2) is 0 Å². The third-order valence-corrected chi connectivity index (χ3v) is 4.35. The van der Waals surface area contributed by atoms with E-state index in [2.05, 4.69) is 9.88 Å². The summed E-state index contributed by atoms with van der Waals surface area (Å²) in [7, 11) is 0. The minimum atomic E-state index is -4.39. The van der Waals surface area contributed by atoms with Gasteiger partial charge in [-0.15, -0.1) is 0 Å². The summed E-state index contributed by atoms with van der Waals surface area (Å²) in [5.74, 6) is 0.503. The van der Waals surface area contributed by atoms with E-state index in [9.17, 15) is 23.3 Å². The molecule has 1 fully saturated rings. The molecule has 3 rings (SSSR count). The zero-order valence-electron chi connectivity index (χ0n) is 13.8. The fourth-order valence-electron chi connectivity index (χ4n) is 2.94. The molecule has 0 unspecified atom stereocenters. The molecule has 1 aromatic heterocycles. The fourth-order valence-corrected chi connectivity index (χ4v) is 2.94. The lowest BCUT2D eigenvalue weighted by atomic mass is 10.1. The lowest BCUT2D eigenvalue weighted by Gasteiger charge is -2.35. The lowest BCUT2D eigenvalue weighted by molar-refractivity contribution is -0.385. The quantitative estimate of drug-likeness (QED) is 0.614. The fraction of sp³-hybridized carbons (Fsp3) is 0.353. The molecule has 0 bridgehead atoms. The minimum absolute atomic E-state index is 0.0966. The normalized spacial score (nSPS) is 15.9. The predicted octanol–water partition coefficient (Wildman–Crippen LogP) is 3.33. The first-order chi connectivity index (χ1) is 12.3. The number of nitrogens with zero attached hydrogens (tertiary/aromatic N) is 4. The van der Waals surface area contributed by atoms with Gasteiger partial charge in [-0.05, 0) is 12.1 Å². The predicted molar refractivity (Wildman–Crippen MR) is 89.8 cm³/mol. The van der Waals surface area contributed by atoms with Gasteiger partial charge in [-0.2, -0.15) is 13.2 Å². The van der Waals surface area contributed by atoms with E-state index in [1.54, 1.807) is 18.2 Å². The van der Waals surface area contributed by atoms with Crippen LogP contribution in [0.5, 0.6) is 0 Å². The van der Waals surface area contributed by atoms with E-state index < -0.39 is 16.7 Å². The van der Waals surface area contributed by atoms with Crippen molar-refractivity contribution < 1.29 is 18.1 Å². The number of alkyl halides is 3. The highest BCUT2D eigenvalue weighted by molar-refractivity contribution is 5.41. The molecule has 1 aromatic carbocycles. The van der Waals surface area contributed by atoms with Crippen LogP contribution in [0.15, 0.2) is 42.6 Å². The van der Waals surface area contributed by atoms with Gasteiger partial charge in [0.2, 0.25) is 0 Å². The molecular weight excluding hydrogens is 349 g/mol. The zero-order valence-corrected chi connectivity index (χ0v) is 13.8. The number of anilines is 1. The third kappa shape index (κ3) is 4.10. The summed E-state index contributed by atoms with van der Waals surface area (Å²) in [5.41, 5.74) is -0.0192. The highest BCUT2D eigenvalue weighted by Crippen LogP contribution is 2.29. The number of benzene rings is 1. The van der Waals surface area contributed by atoms with Gasteiger partial charge >= 0.3 is 6.18 Å². The summed E-state index contributed by atoms with van der Waals surface area (Å²) in [4.78, 5) is 18.6. The Balaban J connectivity index is 1.60. The molecule has 0 atom stereocenters. The van der Waals surface area contributed by atoms with Crippen LogP contribution in [0.3, 0.4) is 0 Å². The van der Waals surface area contributed by atoms with Crippen molar-refractivity contribution in [2.45, 2.75) is 12.7 Å². The molecule has 1 aliphatic heterocycles. The van der Waals surface area contributed by atoms with Crippen LogP contribution in [0.4, 0.5) is 24.7 Å². The summed E-state index contributed by atoms with van der Waals surface area (Å²) in [5, 5.41) is 11.1. The van der Waals surface area contributed by atoms with Gasteiger partial charge in [0, 0.05) is 50.6 Å². The number of pyridine rings is 1. The van der Waals surface area contributed by atoms with Crippen molar-refractivity contribution in [2.24, 2.45) is 0 Å². The molecule has 0 aliphatic carbocycles. The van der Waals surface area contributed by atoms with Crippen LogP contribution in [0.25, 0.3) is 0 Å². The minimum Gasteiger partial charge on any atom is -0.354 e. The Hall–Kier alpha value is -2.68. The van der Waals surface area contributed by atoms with E-state index in [0.29, 0.717) is 44.1 Å². The maximum absolute atomic E-state index is 12.6.